The number of benzene rings is 9. The predicted molar refractivity (Wildman–Crippen MR) is 198 cm³/mol. The summed E-state index contributed by atoms with van der Waals surface area (Å²) >= 11 is 0. The number of fused-ring (bicyclic) bond motifs is 12. The molecule has 0 amide bonds. The molecule has 0 nitrogen and oxygen atoms in total. The molecule has 9 aromatic carbocycles. The lowest BCUT2D eigenvalue weighted by Crippen LogP contribution is -2.17. The molecule has 0 atom stereocenters. The zero-order chi connectivity index (χ0) is 30.7. The van der Waals surface area contributed by atoms with Crippen molar-refractivity contribution in [2.45, 2.75) is 38.5 Å². The molecule has 0 N–H and O–H groups in total. The largest absolute Gasteiger partial charge is 0.0616 e. The van der Waals surface area contributed by atoms with Gasteiger partial charge in [0.25, 0.3) is 0 Å². The molecule has 0 aromatic heterocycles. The first-order valence-corrected chi connectivity index (χ1v) is 16.6. The molecule has 0 bridgehead atoms. The highest BCUT2D eigenvalue weighted by molar-refractivity contribution is 6.26. The monoisotopic (exact) mass is 584 g/mol. The van der Waals surface area contributed by atoms with Crippen LogP contribution in [0.4, 0.5) is 0 Å². The van der Waals surface area contributed by atoms with Gasteiger partial charge < -0.3 is 0 Å². The van der Waals surface area contributed by atoms with Crippen molar-refractivity contribution < 1.29 is 0 Å². The Bertz CT molecular complexity index is 2830. The van der Waals surface area contributed by atoms with Crippen molar-refractivity contribution in [2.75, 3.05) is 0 Å². The lowest BCUT2D eigenvalue weighted by molar-refractivity contribution is 0.655. The van der Waals surface area contributed by atoms with Crippen LogP contribution in [0.25, 0.3) is 86.9 Å². The highest BCUT2D eigenvalue weighted by atomic mass is 14.5. The summed E-state index contributed by atoms with van der Waals surface area (Å²) in [6.45, 7) is 9.75. The van der Waals surface area contributed by atoms with Crippen molar-refractivity contribution in [1.82, 2.24) is 0 Å². The number of hydrogen-bond acceptors (Lipinski definition) is 0. The van der Waals surface area contributed by atoms with Crippen LogP contribution in [0, 0.1) is 0 Å². The lowest BCUT2D eigenvalue weighted by Gasteiger charge is -2.25. The second-order valence-corrected chi connectivity index (χ2v) is 14.9. The zero-order valence-corrected chi connectivity index (χ0v) is 26.5. The van der Waals surface area contributed by atoms with Crippen molar-refractivity contribution in [3.05, 3.63) is 144 Å². The fraction of sp³-hybridized carbons (Fsp3) is 0.130. The Balaban J connectivity index is 1.19. The second kappa shape index (κ2) is 7.95. The molecule has 0 unspecified atom stereocenters. The van der Waals surface area contributed by atoms with E-state index in [0.29, 0.717) is 0 Å². The molecule has 0 aliphatic heterocycles. The molecule has 11 rings (SSSR count). The van der Waals surface area contributed by atoms with Gasteiger partial charge in [0.1, 0.15) is 0 Å². The smallest absolute Gasteiger partial charge is 0.0165 e. The Kier molecular flexibility index (Phi) is 4.33. The van der Waals surface area contributed by atoms with E-state index in [1.54, 1.807) is 0 Å². The first-order valence-electron chi connectivity index (χ1n) is 16.6. The van der Waals surface area contributed by atoms with E-state index < -0.39 is 0 Å². The van der Waals surface area contributed by atoms with E-state index in [4.69, 9.17) is 0 Å². The molecule has 2 aliphatic rings. The summed E-state index contributed by atoms with van der Waals surface area (Å²) in [5.74, 6) is 0. The molecule has 0 radical (unpaired) electrons. The maximum Gasteiger partial charge on any atom is 0.0165 e. The molecule has 2 aliphatic carbocycles. The average Bonchev–Trinajstić information content (AvgIpc) is 3.44. The third-order valence-electron chi connectivity index (χ3n) is 11.9. The Labute approximate surface area is 268 Å². The summed E-state index contributed by atoms with van der Waals surface area (Å²) in [5, 5.41) is 16.2. The standard InChI is InChI=1S/C46H32/c1-45(2)39-23-36-32-18-17-29-20-34-28(14-12-25-8-5-6-11-31(25)34)21-35(29)44(32)46(3,4)38(36)24-37(39)43-33-19-16-27-10-7-9-26-13-15-30(22-40(43)45)42(33)41(26)27/h5-24H,1-4H3. The lowest BCUT2D eigenvalue weighted by atomic mass is 9.78. The molecule has 216 valence electrons. The molecule has 0 heterocycles. The maximum absolute atomic E-state index is 2.58. The summed E-state index contributed by atoms with van der Waals surface area (Å²) in [4.78, 5) is 0. The van der Waals surface area contributed by atoms with Gasteiger partial charge in [0.05, 0.1) is 0 Å². The van der Waals surface area contributed by atoms with E-state index >= 15 is 0 Å². The van der Waals surface area contributed by atoms with Gasteiger partial charge >= 0.3 is 0 Å². The van der Waals surface area contributed by atoms with Crippen LogP contribution in [-0.2, 0) is 10.8 Å². The van der Waals surface area contributed by atoms with Crippen LogP contribution in [0.5, 0.6) is 0 Å². The normalized spacial score (nSPS) is 15.7. The summed E-state index contributed by atoms with van der Waals surface area (Å²) in [5.41, 5.74) is 11.2. The maximum atomic E-state index is 2.58. The molecule has 0 saturated heterocycles. The number of rotatable bonds is 0. The minimum Gasteiger partial charge on any atom is -0.0616 e. The zero-order valence-electron chi connectivity index (χ0n) is 26.5. The Hall–Kier alpha value is -5.20. The van der Waals surface area contributed by atoms with Crippen molar-refractivity contribution >= 4 is 64.6 Å². The Morgan fingerprint density at radius 2 is 0.978 bits per heavy atom. The van der Waals surface area contributed by atoms with E-state index in [9.17, 15) is 0 Å². The minimum atomic E-state index is -0.125. The quantitative estimate of drug-likeness (QED) is 0.123. The summed E-state index contributed by atoms with van der Waals surface area (Å²) in [6.07, 6.45) is 0. The number of hydrogen-bond donors (Lipinski definition) is 0. The first kappa shape index (κ1) is 25.0. The van der Waals surface area contributed by atoms with Gasteiger partial charge in [0.15, 0.2) is 0 Å². The van der Waals surface area contributed by atoms with Crippen LogP contribution in [0.2, 0.25) is 0 Å². The highest BCUT2D eigenvalue weighted by Gasteiger charge is 2.43. The fourth-order valence-corrected chi connectivity index (χ4v) is 9.66. The van der Waals surface area contributed by atoms with Gasteiger partial charge in [-0.25, -0.2) is 0 Å². The molecule has 9 aromatic rings. The van der Waals surface area contributed by atoms with Crippen LogP contribution in [0.15, 0.2) is 121 Å². The van der Waals surface area contributed by atoms with Gasteiger partial charge in [-0.15, -0.1) is 0 Å². The summed E-state index contributed by atoms with van der Waals surface area (Å²) in [6, 6.07) is 46.7. The topological polar surface area (TPSA) is 0 Å². The van der Waals surface area contributed by atoms with E-state index in [0.717, 1.165) is 0 Å². The third-order valence-corrected chi connectivity index (χ3v) is 11.9. The van der Waals surface area contributed by atoms with Crippen LogP contribution in [0.1, 0.15) is 49.9 Å². The molecule has 0 fully saturated rings. The second-order valence-electron chi connectivity index (χ2n) is 14.9. The SMILES string of the molecule is CC1(C)c2cc3c(cc2-c2c1cc1ccc4cccc5ccc2c1c45)C(C)(C)c1c-3ccc2cc3c(ccc4ccccc43)cc12. The van der Waals surface area contributed by atoms with Gasteiger partial charge in [-0.3, -0.25) is 0 Å². The Morgan fingerprint density at radius 1 is 0.348 bits per heavy atom. The van der Waals surface area contributed by atoms with Crippen molar-refractivity contribution in [2.24, 2.45) is 0 Å². The first-order chi connectivity index (χ1) is 22.3. The van der Waals surface area contributed by atoms with Gasteiger partial charge in [-0.05, 0) is 139 Å². The van der Waals surface area contributed by atoms with Crippen molar-refractivity contribution in [1.29, 1.82) is 0 Å². The van der Waals surface area contributed by atoms with Crippen molar-refractivity contribution in [3.63, 3.8) is 0 Å². The molecule has 0 saturated carbocycles. The average molecular weight is 585 g/mol. The van der Waals surface area contributed by atoms with Crippen LogP contribution < -0.4 is 0 Å². The van der Waals surface area contributed by atoms with Crippen LogP contribution >= 0.6 is 0 Å². The molecular formula is C46H32. The molecule has 0 heteroatoms. The van der Waals surface area contributed by atoms with Gasteiger partial charge in [0.2, 0.25) is 0 Å². The van der Waals surface area contributed by atoms with E-state index in [1.807, 2.05) is 0 Å². The van der Waals surface area contributed by atoms with E-state index in [-0.39, 0.29) is 10.8 Å². The molecule has 0 spiro atoms. The predicted octanol–water partition coefficient (Wildman–Crippen LogP) is 12.7. The molecule has 46 heavy (non-hydrogen) atoms. The minimum absolute atomic E-state index is 0.0921. The summed E-state index contributed by atoms with van der Waals surface area (Å²) in [7, 11) is 0. The van der Waals surface area contributed by atoms with Crippen LogP contribution in [0.3, 0.4) is 0 Å². The highest BCUT2D eigenvalue weighted by Crippen LogP contribution is 2.59. The summed E-state index contributed by atoms with van der Waals surface area (Å²) < 4.78 is 0. The van der Waals surface area contributed by atoms with E-state index in [1.165, 1.54) is 109 Å². The van der Waals surface area contributed by atoms with Gasteiger partial charge in [0, 0.05) is 10.8 Å². The third kappa shape index (κ3) is 2.84. The van der Waals surface area contributed by atoms with Gasteiger partial charge in [-0.2, -0.15) is 0 Å². The van der Waals surface area contributed by atoms with Crippen molar-refractivity contribution in [3.8, 4) is 22.3 Å². The molecular weight excluding hydrogens is 553 g/mol. The Morgan fingerprint density at radius 3 is 1.85 bits per heavy atom. The van der Waals surface area contributed by atoms with Crippen LogP contribution in [-0.4, -0.2) is 0 Å². The van der Waals surface area contributed by atoms with Gasteiger partial charge in [-0.1, -0.05) is 119 Å². The fourth-order valence-electron chi connectivity index (χ4n) is 9.66. The van der Waals surface area contributed by atoms with E-state index in [2.05, 4.69) is 149 Å².